The third-order valence-corrected chi connectivity index (χ3v) is 1.66. The lowest BCUT2D eigenvalue weighted by molar-refractivity contribution is 1.51. The third kappa shape index (κ3) is 4.48. The van der Waals surface area contributed by atoms with Crippen molar-refractivity contribution in [1.82, 2.24) is 0 Å². The minimum atomic E-state index is 1.27. The summed E-state index contributed by atoms with van der Waals surface area (Å²) in [6.07, 6.45) is 1.32. The lowest BCUT2D eigenvalue weighted by Crippen LogP contribution is -1.78. The van der Waals surface area contributed by atoms with Crippen molar-refractivity contribution in [2.24, 2.45) is 0 Å². The average molecular weight is 99.8 g/mol. The van der Waals surface area contributed by atoms with Gasteiger partial charge in [-0.3, -0.25) is 0 Å². The predicted molar refractivity (Wildman–Crippen MR) is 39.2 cm³/mol. The average Bonchev–Trinajstić information content (AvgIpc) is 1.61. The summed E-state index contributed by atoms with van der Waals surface area (Å²) in [7, 11) is 4.41. The molecule has 0 heterocycles. The van der Waals surface area contributed by atoms with Crippen molar-refractivity contribution in [3.63, 3.8) is 0 Å². The maximum Gasteiger partial charge on any atom is 0.114 e. The zero-order chi connectivity index (χ0) is 4.83. The van der Waals surface area contributed by atoms with Gasteiger partial charge in [0, 0.05) is 0 Å². The van der Waals surface area contributed by atoms with E-state index in [9.17, 15) is 0 Å². The first-order valence-electron chi connectivity index (χ1n) is 2.49. The van der Waals surface area contributed by atoms with E-state index in [1.165, 1.54) is 17.7 Å². The van der Waals surface area contributed by atoms with Crippen LogP contribution in [0.2, 0.25) is 6.32 Å². The zero-order valence-electron chi connectivity index (χ0n) is 4.53. The van der Waals surface area contributed by atoms with Crippen molar-refractivity contribution in [1.29, 1.82) is 0 Å². The Kier molecular flexibility index (Phi) is 5.92. The van der Waals surface area contributed by atoms with E-state index in [0.717, 1.165) is 0 Å². The van der Waals surface area contributed by atoms with E-state index in [4.69, 9.17) is 0 Å². The molecule has 0 N–H and O–H groups in total. The fraction of sp³-hybridized carbons (Fsp3) is 1.00. The molecule has 0 atom stereocenters. The molecule has 34 valence electrons. The normalized spacial score (nSPS) is 8.67. The minimum absolute atomic E-state index is 1.27. The molecule has 0 fully saturated rings. The molecule has 0 aliphatic rings. The Balaban J connectivity index is 2.34. The molecular weight excluding hydrogens is 89.7 g/mol. The largest absolute Gasteiger partial charge is 0.172 e. The summed E-state index contributed by atoms with van der Waals surface area (Å²) < 4.78 is 0. The lowest BCUT2D eigenvalue weighted by Gasteiger charge is -1.86. The first-order valence-corrected chi connectivity index (χ1v) is 3.65. The Morgan fingerprint density at radius 2 is 2.00 bits per heavy atom. The molecule has 0 spiro atoms. The molecule has 6 heavy (non-hydrogen) atoms. The van der Waals surface area contributed by atoms with E-state index in [1.807, 2.05) is 11.8 Å². The molecule has 0 bridgehead atoms. The summed E-state index contributed by atoms with van der Waals surface area (Å²) >= 11 is 2.01. The van der Waals surface area contributed by atoms with Gasteiger partial charge < -0.3 is 0 Å². The van der Waals surface area contributed by atoms with E-state index in [2.05, 4.69) is 15.7 Å². The standard InChI is InChI=1S/C3H10B2S/c4-1-2-6-3-5/h1-5H2. The number of hydrogen-bond donors (Lipinski definition) is 0. The van der Waals surface area contributed by atoms with Gasteiger partial charge >= 0.3 is 0 Å². The summed E-state index contributed by atoms with van der Waals surface area (Å²) in [5.74, 6) is 1.33. The van der Waals surface area contributed by atoms with Crippen LogP contribution in [-0.4, -0.2) is 27.1 Å². The summed E-state index contributed by atoms with van der Waals surface area (Å²) in [6, 6.07) is 0. The third-order valence-electron chi connectivity index (χ3n) is 0.553. The van der Waals surface area contributed by atoms with Crippen LogP contribution in [-0.2, 0) is 0 Å². The smallest absolute Gasteiger partial charge is 0.114 e. The number of hydrogen-bond acceptors (Lipinski definition) is 1. The van der Waals surface area contributed by atoms with Gasteiger partial charge in [-0.2, -0.15) is 11.8 Å². The van der Waals surface area contributed by atoms with Crippen LogP contribution in [0, 0.1) is 0 Å². The number of rotatable bonds is 3. The van der Waals surface area contributed by atoms with Crippen LogP contribution in [0.1, 0.15) is 0 Å². The van der Waals surface area contributed by atoms with Gasteiger partial charge in [0.25, 0.3) is 0 Å². The molecule has 0 amide bonds. The molecule has 3 heteroatoms. The Hall–Kier alpha value is 0.480. The Labute approximate surface area is 45.9 Å². The van der Waals surface area contributed by atoms with E-state index >= 15 is 0 Å². The second kappa shape index (κ2) is 5.48. The predicted octanol–water partition coefficient (Wildman–Crippen LogP) is -0.638. The first kappa shape index (κ1) is 6.48. The summed E-state index contributed by atoms with van der Waals surface area (Å²) in [6.45, 7) is 0. The van der Waals surface area contributed by atoms with Crippen LogP contribution >= 0.6 is 11.8 Å². The van der Waals surface area contributed by atoms with Gasteiger partial charge in [-0.25, -0.2) is 0 Å². The van der Waals surface area contributed by atoms with Crippen LogP contribution < -0.4 is 0 Å². The Morgan fingerprint density at radius 3 is 2.17 bits per heavy atom. The van der Waals surface area contributed by atoms with E-state index in [-0.39, 0.29) is 0 Å². The molecule has 0 saturated heterocycles. The monoisotopic (exact) mass is 100 g/mol. The molecule has 0 nitrogen and oxygen atoms in total. The summed E-state index contributed by atoms with van der Waals surface area (Å²) in [5, 5.41) is 0. The molecule has 0 aromatic carbocycles. The zero-order valence-corrected chi connectivity index (χ0v) is 5.35. The molecule has 0 radical (unpaired) electrons. The highest BCUT2D eigenvalue weighted by Crippen LogP contribution is 1.95. The van der Waals surface area contributed by atoms with Crippen molar-refractivity contribution < 1.29 is 0 Å². The van der Waals surface area contributed by atoms with Crippen LogP contribution in [0.25, 0.3) is 0 Å². The molecule has 0 aliphatic heterocycles. The van der Waals surface area contributed by atoms with E-state index < -0.39 is 0 Å². The minimum Gasteiger partial charge on any atom is -0.172 e. The van der Waals surface area contributed by atoms with Gasteiger partial charge in [-0.05, 0) is 11.4 Å². The van der Waals surface area contributed by atoms with Gasteiger partial charge in [0.1, 0.15) is 15.7 Å². The lowest BCUT2D eigenvalue weighted by atomic mass is 10.1. The Morgan fingerprint density at radius 1 is 1.33 bits per heavy atom. The molecular formula is C3H10B2S. The van der Waals surface area contributed by atoms with E-state index in [1.54, 1.807) is 0 Å². The highest BCUT2D eigenvalue weighted by molar-refractivity contribution is 8.00. The maximum absolute atomic E-state index is 2.21. The van der Waals surface area contributed by atoms with Crippen molar-refractivity contribution in [2.75, 3.05) is 11.4 Å². The second-order valence-electron chi connectivity index (χ2n) is 1.20. The van der Waals surface area contributed by atoms with Crippen LogP contribution in [0.5, 0.6) is 0 Å². The first-order chi connectivity index (χ1) is 2.91. The second-order valence-corrected chi connectivity index (χ2v) is 2.59. The molecule has 0 aromatic rings. The highest BCUT2D eigenvalue weighted by atomic mass is 32.2. The van der Waals surface area contributed by atoms with Gasteiger partial charge in [-0.1, -0.05) is 6.32 Å². The molecule has 0 aliphatic carbocycles. The highest BCUT2D eigenvalue weighted by Gasteiger charge is 1.75. The molecule has 0 saturated carbocycles. The maximum atomic E-state index is 2.21. The molecule has 0 unspecified atom stereocenters. The van der Waals surface area contributed by atoms with Gasteiger partial charge in [0.15, 0.2) is 0 Å². The van der Waals surface area contributed by atoms with Crippen LogP contribution in [0.4, 0.5) is 0 Å². The van der Waals surface area contributed by atoms with Crippen molar-refractivity contribution >= 4 is 27.5 Å². The fourth-order valence-corrected chi connectivity index (χ4v) is 0.866. The van der Waals surface area contributed by atoms with Gasteiger partial charge in [0.05, 0.1) is 0 Å². The van der Waals surface area contributed by atoms with Crippen molar-refractivity contribution in [3.05, 3.63) is 0 Å². The fourth-order valence-electron chi connectivity index (χ4n) is 0.289. The summed E-state index contributed by atoms with van der Waals surface area (Å²) in [5.41, 5.74) is 1.27. The topological polar surface area (TPSA) is 0 Å². The van der Waals surface area contributed by atoms with Gasteiger partial charge in [-0.15, -0.1) is 0 Å². The SMILES string of the molecule is BCCSCB. The Bertz CT molecular complexity index is 20.8. The quantitative estimate of drug-likeness (QED) is 0.335. The van der Waals surface area contributed by atoms with Crippen molar-refractivity contribution in [3.8, 4) is 0 Å². The van der Waals surface area contributed by atoms with Gasteiger partial charge in [0.2, 0.25) is 0 Å². The van der Waals surface area contributed by atoms with Crippen molar-refractivity contribution in [2.45, 2.75) is 6.32 Å². The summed E-state index contributed by atoms with van der Waals surface area (Å²) in [4.78, 5) is 0. The number of thioether (sulfide) groups is 1. The van der Waals surface area contributed by atoms with Crippen LogP contribution in [0.3, 0.4) is 0 Å². The molecule has 0 aromatic heterocycles. The van der Waals surface area contributed by atoms with Crippen LogP contribution in [0.15, 0.2) is 0 Å². The van der Waals surface area contributed by atoms with E-state index in [0.29, 0.717) is 0 Å². The molecule has 0 rings (SSSR count).